The van der Waals surface area contributed by atoms with Crippen molar-refractivity contribution in [2.45, 2.75) is 19.3 Å². The van der Waals surface area contributed by atoms with Crippen LogP contribution in [0, 0.1) is 12.3 Å². The van der Waals surface area contributed by atoms with Crippen LogP contribution in [0.15, 0.2) is 16.5 Å². The Kier molecular flexibility index (Phi) is 4.79. The van der Waals surface area contributed by atoms with Gasteiger partial charge in [-0.3, -0.25) is 4.79 Å². The third-order valence-electron chi connectivity index (χ3n) is 1.83. The third-order valence-corrected chi connectivity index (χ3v) is 2.03. The number of carbonyl (C=O) groups is 1. The van der Waals surface area contributed by atoms with E-state index in [0.29, 0.717) is 6.54 Å². The minimum absolute atomic E-state index is 0.215. The average molecular weight is 226 g/mol. The lowest BCUT2D eigenvalue weighted by molar-refractivity contribution is 0.0925. The first-order valence-corrected chi connectivity index (χ1v) is 5.09. The van der Waals surface area contributed by atoms with E-state index in [-0.39, 0.29) is 16.9 Å². The number of furan rings is 1. The maximum Gasteiger partial charge on any atom is 0.287 e. The van der Waals surface area contributed by atoms with Crippen LogP contribution >= 0.6 is 11.6 Å². The number of unbranched alkanes of at least 4 members (excludes halogenated alkanes) is 2. The van der Waals surface area contributed by atoms with E-state index in [2.05, 4.69) is 11.2 Å². The molecule has 0 unspecified atom stereocenters. The Hall–Kier alpha value is -1.40. The van der Waals surface area contributed by atoms with Gasteiger partial charge in [-0.15, -0.1) is 12.3 Å². The van der Waals surface area contributed by atoms with Crippen LogP contribution in [0.25, 0.3) is 0 Å². The largest absolute Gasteiger partial charge is 0.440 e. The monoisotopic (exact) mass is 225 g/mol. The second-order valence-corrected chi connectivity index (χ2v) is 3.39. The number of amides is 1. The molecule has 4 heteroatoms. The summed E-state index contributed by atoms with van der Waals surface area (Å²) in [5.41, 5.74) is 0. The lowest BCUT2D eigenvalue weighted by Crippen LogP contribution is -2.23. The zero-order chi connectivity index (χ0) is 11.1. The maximum atomic E-state index is 11.4. The van der Waals surface area contributed by atoms with Gasteiger partial charge in [-0.2, -0.15) is 0 Å². The highest BCUT2D eigenvalue weighted by Gasteiger charge is 2.08. The van der Waals surface area contributed by atoms with Crippen molar-refractivity contribution >= 4 is 17.5 Å². The van der Waals surface area contributed by atoms with Crippen molar-refractivity contribution in [1.82, 2.24) is 5.32 Å². The summed E-state index contributed by atoms with van der Waals surface area (Å²) in [5.74, 6) is 2.53. The van der Waals surface area contributed by atoms with Crippen LogP contribution in [0.3, 0.4) is 0 Å². The number of rotatable bonds is 5. The van der Waals surface area contributed by atoms with Gasteiger partial charge in [0.15, 0.2) is 11.0 Å². The number of halogens is 1. The summed E-state index contributed by atoms with van der Waals surface area (Å²) in [6.45, 7) is 0.596. The quantitative estimate of drug-likeness (QED) is 0.618. The molecule has 0 aromatic carbocycles. The van der Waals surface area contributed by atoms with E-state index in [1.807, 2.05) is 0 Å². The molecular weight excluding hydrogens is 214 g/mol. The highest BCUT2D eigenvalue weighted by atomic mass is 35.5. The third kappa shape index (κ3) is 4.09. The van der Waals surface area contributed by atoms with E-state index < -0.39 is 0 Å². The molecule has 0 bridgehead atoms. The van der Waals surface area contributed by atoms with Gasteiger partial charge in [0.2, 0.25) is 0 Å². The van der Waals surface area contributed by atoms with Crippen LogP contribution in [0.2, 0.25) is 5.22 Å². The Balaban J connectivity index is 2.23. The van der Waals surface area contributed by atoms with Gasteiger partial charge in [0.1, 0.15) is 0 Å². The predicted molar refractivity (Wildman–Crippen MR) is 58.7 cm³/mol. The number of terminal acetylenes is 1. The Bertz CT molecular complexity index is 365. The van der Waals surface area contributed by atoms with E-state index >= 15 is 0 Å². The molecule has 1 aromatic heterocycles. The van der Waals surface area contributed by atoms with Gasteiger partial charge in [-0.05, 0) is 36.6 Å². The molecule has 0 aliphatic heterocycles. The fourth-order valence-corrected chi connectivity index (χ4v) is 1.22. The SMILES string of the molecule is C#CCCCCNC(=O)c1ccc(Cl)o1. The van der Waals surface area contributed by atoms with E-state index in [1.54, 1.807) is 6.07 Å². The van der Waals surface area contributed by atoms with Gasteiger partial charge in [0.25, 0.3) is 5.91 Å². The van der Waals surface area contributed by atoms with Crippen LogP contribution in [-0.2, 0) is 0 Å². The maximum absolute atomic E-state index is 11.4. The average Bonchev–Trinajstić information content (AvgIpc) is 2.64. The lowest BCUT2D eigenvalue weighted by Gasteiger charge is -2.01. The second-order valence-electron chi connectivity index (χ2n) is 3.02. The van der Waals surface area contributed by atoms with Crippen molar-refractivity contribution in [2.24, 2.45) is 0 Å². The van der Waals surface area contributed by atoms with Gasteiger partial charge in [0, 0.05) is 13.0 Å². The zero-order valence-electron chi connectivity index (χ0n) is 8.25. The number of carbonyl (C=O) groups excluding carboxylic acids is 1. The Morgan fingerprint density at radius 3 is 2.93 bits per heavy atom. The fourth-order valence-electron chi connectivity index (χ4n) is 1.08. The topological polar surface area (TPSA) is 42.2 Å². The number of hydrogen-bond acceptors (Lipinski definition) is 2. The zero-order valence-corrected chi connectivity index (χ0v) is 9.01. The van der Waals surface area contributed by atoms with Crippen molar-refractivity contribution in [3.63, 3.8) is 0 Å². The van der Waals surface area contributed by atoms with E-state index in [1.165, 1.54) is 6.07 Å². The Labute approximate surface area is 93.8 Å². The van der Waals surface area contributed by atoms with Crippen molar-refractivity contribution in [3.8, 4) is 12.3 Å². The second kappa shape index (κ2) is 6.15. The summed E-state index contributed by atoms with van der Waals surface area (Å²) in [6, 6.07) is 3.08. The summed E-state index contributed by atoms with van der Waals surface area (Å²) in [6.07, 6.45) is 7.61. The highest BCUT2D eigenvalue weighted by molar-refractivity contribution is 6.29. The molecule has 1 rings (SSSR count). The highest BCUT2D eigenvalue weighted by Crippen LogP contribution is 2.12. The molecule has 0 saturated heterocycles. The molecule has 0 spiro atoms. The van der Waals surface area contributed by atoms with Crippen molar-refractivity contribution in [3.05, 3.63) is 23.1 Å². The fraction of sp³-hybridized carbons (Fsp3) is 0.364. The molecule has 15 heavy (non-hydrogen) atoms. The van der Waals surface area contributed by atoms with E-state index in [9.17, 15) is 4.79 Å². The predicted octanol–water partition coefficient (Wildman–Crippen LogP) is 2.47. The smallest absolute Gasteiger partial charge is 0.287 e. The first-order chi connectivity index (χ1) is 7.24. The molecule has 3 nitrogen and oxygen atoms in total. The minimum Gasteiger partial charge on any atom is -0.440 e. The van der Waals surface area contributed by atoms with Crippen molar-refractivity contribution < 1.29 is 9.21 Å². The lowest BCUT2D eigenvalue weighted by atomic mass is 10.2. The Morgan fingerprint density at radius 1 is 1.53 bits per heavy atom. The first kappa shape index (κ1) is 11.7. The normalized spacial score (nSPS) is 9.60. The summed E-state index contributed by atoms with van der Waals surface area (Å²) < 4.78 is 4.94. The van der Waals surface area contributed by atoms with E-state index in [4.69, 9.17) is 22.4 Å². The number of hydrogen-bond donors (Lipinski definition) is 1. The van der Waals surface area contributed by atoms with Crippen molar-refractivity contribution in [2.75, 3.05) is 6.54 Å². The summed E-state index contributed by atoms with van der Waals surface area (Å²) in [4.78, 5) is 11.4. The summed E-state index contributed by atoms with van der Waals surface area (Å²) in [5, 5.41) is 2.93. The van der Waals surface area contributed by atoms with Crippen LogP contribution in [0.5, 0.6) is 0 Å². The molecule has 0 atom stereocenters. The van der Waals surface area contributed by atoms with Crippen LogP contribution in [0.4, 0.5) is 0 Å². The van der Waals surface area contributed by atoms with Gasteiger partial charge in [-0.1, -0.05) is 0 Å². The van der Waals surface area contributed by atoms with Gasteiger partial charge in [-0.25, -0.2) is 0 Å². The first-order valence-electron chi connectivity index (χ1n) is 4.71. The van der Waals surface area contributed by atoms with Gasteiger partial charge >= 0.3 is 0 Å². The van der Waals surface area contributed by atoms with Gasteiger partial charge in [0.05, 0.1) is 0 Å². The molecule has 1 N–H and O–H groups in total. The van der Waals surface area contributed by atoms with Gasteiger partial charge < -0.3 is 9.73 Å². The molecule has 1 heterocycles. The van der Waals surface area contributed by atoms with Crippen LogP contribution in [-0.4, -0.2) is 12.5 Å². The Morgan fingerprint density at radius 2 is 2.33 bits per heavy atom. The molecular formula is C11H12ClNO2. The molecule has 0 radical (unpaired) electrons. The molecule has 0 saturated carbocycles. The standard InChI is InChI=1S/C11H12ClNO2/c1-2-3-4-5-8-13-11(14)9-6-7-10(12)15-9/h1,6-7H,3-5,8H2,(H,13,14). The van der Waals surface area contributed by atoms with E-state index in [0.717, 1.165) is 19.3 Å². The molecule has 0 aliphatic carbocycles. The summed E-state index contributed by atoms with van der Waals surface area (Å²) >= 11 is 5.54. The molecule has 0 fully saturated rings. The van der Waals surface area contributed by atoms with Crippen LogP contribution < -0.4 is 5.32 Å². The number of nitrogens with one attached hydrogen (secondary N) is 1. The molecule has 80 valence electrons. The minimum atomic E-state index is -0.248. The van der Waals surface area contributed by atoms with Crippen LogP contribution in [0.1, 0.15) is 29.8 Å². The van der Waals surface area contributed by atoms with Crippen molar-refractivity contribution in [1.29, 1.82) is 0 Å². The molecule has 0 aliphatic rings. The molecule has 1 amide bonds. The molecule has 1 aromatic rings. The summed E-state index contributed by atoms with van der Waals surface area (Å²) in [7, 11) is 0.